The summed E-state index contributed by atoms with van der Waals surface area (Å²) in [6, 6.07) is 6.62. The lowest BCUT2D eigenvalue weighted by atomic mass is 9.83. The van der Waals surface area contributed by atoms with E-state index in [1.54, 1.807) is 24.3 Å². The standard InChI is InChI=1S/C15H20N2O3/c18-14(19)10-12-4-6-13(7-5-12)17-15(20)16-9-8-11-2-1-3-11/h4-7,11H,1-3,8-10H2,(H,18,19)(H2,16,17,20). The highest BCUT2D eigenvalue weighted by molar-refractivity contribution is 5.89. The van der Waals surface area contributed by atoms with Crippen LogP contribution < -0.4 is 10.6 Å². The van der Waals surface area contributed by atoms with E-state index in [0.717, 1.165) is 12.3 Å². The van der Waals surface area contributed by atoms with Crippen LogP contribution in [0.3, 0.4) is 0 Å². The maximum atomic E-state index is 11.6. The first-order valence-corrected chi connectivity index (χ1v) is 6.99. The van der Waals surface area contributed by atoms with E-state index in [1.807, 2.05) is 0 Å². The van der Waals surface area contributed by atoms with Crippen LogP contribution >= 0.6 is 0 Å². The minimum Gasteiger partial charge on any atom is -0.481 e. The van der Waals surface area contributed by atoms with Crippen molar-refractivity contribution in [2.24, 2.45) is 5.92 Å². The first-order valence-electron chi connectivity index (χ1n) is 6.99. The number of hydrogen-bond donors (Lipinski definition) is 3. The molecule has 1 aliphatic rings. The van der Waals surface area contributed by atoms with Gasteiger partial charge in [0.05, 0.1) is 6.42 Å². The molecule has 2 amide bonds. The number of nitrogens with one attached hydrogen (secondary N) is 2. The van der Waals surface area contributed by atoms with Gasteiger partial charge in [-0.2, -0.15) is 0 Å². The maximum absolute atomic E-state index is 11.6. The van der Waals surface area contributed by atoms with Crippen molar-refractivity contribution in [3.05, 3.63) is 29.8 Å². The number of amides is 2. The molecule has 0 atom stereocenters. The number of urea groups is 1. The van der Waals surface area contributed by atoms with E-state index in [1.165, 1.54) is 19.3 Å². The smallest absolute Gasteiger partial charge is 0.319 e. The molecule has 0 unspecified atom stereocenters. The number of hydrogen-bond acceptors (Lipinski definition) is 2. The summed E-state index contributed by atoms with van der Waals surface area (Å²) in [4.78, 5) is 22.2. The second kappa shape index (κ2) is 6.93. The summed E-state index contributed by atoms with van der Waals surface area (Å²) in [5.41, 5.74) is 1.38. The first kappa shape index (κ1) is 14.4. The number of carbonyl (C=O) groups excluding carboxylic acids is 1. The van der Waals surface area contributed by atoms with Gasteiger partial charge < -0.3 is 15.7 Å². The van der Waals surface area contributed by atoms with E-state index in [-0.39, 0.29) is 12.5 Å². The number of carboxylic acids is 1. The highest BCUT2D eigenvalue weighted by Crippen LogP contribution is 2.28. The number of rotatable bonds is 6. The van der Waals surface area contributed by atoms with Crippen molar-refractivity contribution in [2.75, 3.05) is 11.9 Å². The normalized spacial score (nSPS) is 14.4. The third kappa shape index (κ3) is 4.57. The van der Waals surface area contributed by atoms with Crippen molar-refractivity contribution in [1.29, 1.82) is 0 Å². The predicted molar refractivity (Wildman–Crippen MR) is 76.8 cm³/mol. The number of carbonyl (C=O) groups is 2. The van der Waals surface area contributed by atoms with E-state index < -0.39 is 5.97 Å². The first-order chi connectivity index (χ1) is 9.63. The van der Waals surface area contributed by atoms with Gasteiger partial charge in [0, 0.05) is 12.2 Å². The molecular formula is C15H20N2O3. The predicted octanol–water partition coefficient (Wildman–Crippen LogP) is 2.63. The Labute approximate surface area is 118 Å². The minimum absolute atomic E-state index is 0.00609. The number of anilines is 1. The fourth-order valence-corrected chi connectivity index (χ4v) is 2.23. The fourth-order valence-electron chi connectivity index (χ4n) is 2.23. The largest absolute Gasteiger partial charge is 0.481 e. The van der Waals surface area contributed by atoms with Crippen molar-refractivity contribution in [2.45, 2.75) is 32.1 Å². The van der Waals surface area contributed by atoms with Crippen LogP contribution in [0.4, 0.5) is 10.5 Å². The Kier molecular flexibility index (Phi) is 4.98. The molecule has 0 aromatic heterocycles. The molecule has 1 aromatic carbocycles. The van der Waals surface area contributed by atoms with Crippen LogP contribution in [-0.4, -0.2) is 23.7 Å². The summed E-state index contributed by atoms with van der Waals surface area (Å²) in [6.45, 7) is 0.702. The summed E-state index contributed by atoms with van der Waals surface area (Å²) >= 11 is 0. The average molecular weight is 276 g/mol. The summed E-state index contributed by atoms with van der Waals surface area (Å²) in [5.74, 6) is -0.0787. The van der Waals surface area contributed by atoms with Gasteiger partial charge in [-0.25, -0.2) is 4.79 Å². The molecule has 1 aromatic rings. The molecule has 5 heteroatoms. The van der Waals surface area contributed by atoms with Gasteiger partial charge in [0.1, 0.15) is 0 Å². The summed E-state index contributed by atoms with van der Waals surface area (Å²) in [6.07, 6.45) is 4.93. The zero-order valence-electron chi connectivity index (χ0n) is 11.4. The highest BCUT2D eigenvalue weighted by Gasteiger charge is 2.16. The maximum Gasteiger partial charge on any atom is 0.319 e. The fraction of sp³-hybridized carbons (Fsp3) is 0.467. The van der Waals surface area contributed by atoms with Crippen molar-refractivity contribution < 1.29 is 14.7 Å². The molecule has 0 spiro atoms. The molecule has 0 radical (unpaired) electrons. The van der Waals surface area contributed by atoms with Crippen molar-refractivity contribution in [1.82, 2.24) is 5.32 Å². The molecule has 1 saturated carbocycles. The Balaban J connectivity index is 1.71. The van der Waals surface area contributed by atoms with Gasteiger partial charge >= 0.3 is 12.0 Å². The summed E-state index contributed by atoms with van der Waals surface area (Å²) < 4.78 is 0. The Morgan fingerprint density at radius 2 is 1.90 bits per heavy atom. The lowest BCUT2D eigenvalue weighted by Gasteiger charge is -2.25. The van der Waals surface area contributed by atoms with E-state index in [0.29, 0.717) is 17.8 Å². The molecule has 1 fully saturated rings. The molecule has 0 aliphatic heterocycles. The van der Waals surface area contributed by atoms with Gasteiger partial charge in [0.2, 0.25) is 0 Å². The molecular weight excluding hydrogens is 256 g/mol. The van der Waals surface area contributed by atoms with E-state index in [9.17, 15) is 9.59 Å². The van der Waals surface area contributed by atoms with E-state index in [4.69, 9.17) is 5.11 Å². The van der Waals surface area contributed by atoms with Crippen molar-refractivity contribution >= 4 is 17.7 Å². The molecule has 5 nitrogen and oxygen atoms in total. The van der Waals surface area contributed by atoms with Crippen LogP contribution in [0.15, 0.2) is 24.3 Å². The van der Waals surface area contributed by atoms with Crippen LogP contribution in [0.1, 0.15) is 31.2 Å². The van der Waals surface area contributed by atoms with E-state index in [2.05, 4.69) is 10.6 Å². The number of benzene rings is 1. The Hall–Kier alpha value is -2.04. The third-order valence-electron chi connectivity index (χ3n) is 3.63. The number of aliphatic carboxylic acids is 1. The van der Waals surface area contributed by atoms with Crippen LogP contribution in [0.25, 0.3) is 0 Å². The van der Waals surface area contributed by atoms with Gasteiger partial charge in [-0.15, -0.1) is 0 Å². The monoisotopic (exact) mass is 276 g/mol. The molecule has 3 N–H and O–H groups in total. The van der Waals surface area contributed by atoms with Gasteiger partial charge in [0.15, 0.2) is 0 Å². The average Bonchev–Trinajstić information content (AvgIpc) is 2.34. The van der Waals surface area contributed by atoms with Gasteiger partial charge in [-0.3, -0.25) is 4.79 Å². The Morgan fingerprint density at radius 3 is 2.45 bits per heavy atom. The topological polar surface area (TPSA) is 78.4 Å². The SMILES string of the molecule is O=C(O)Cc1ccc(NC(=O)NCCC2CCC2)cc1. The minimum atomic E-state index is -0.862. The van der Waals surface area contributed by atoms with Crippen molar-refractivity contribution in [3.8, 4) is 0 Å². The van der Waals surface area contributed by atoms with Gasteiger partial charge in [-0.05, 0) is 30.0 Å². The van der Waals surface area contributed by atoms with Crippen LogP contribution in [0.2, 0.25) is 0 Å². The molecule has 2 rings (SSSR count). The zero-order chi connectivity index (χ0) is 14.4. The van der Waals surface area contributed by atoms with Gasteiger partial charge in [-0.1, -0.05) is 31.4 Å². The molecule has 1 aliphatic carbocycles. The lowest BCUT2D eigenvalue weighted by Crippen LogP contribution is -2.31. The third-order valence-corrected chi connectivity index (χ3v) is 3.63. The summed E-state index contributed by atoms with van der Waals surface area (Å²) in [7, 11) is 0. The molecule has 108 valence electrons. The highest BCUT2D eigenvalue weighted by atomic mass is 16.4. The Morgan fingerprint density at radius 1 is 1.20 bits per heavy atom. The second-order valence-electron chi connectivity index (χ2n) is 5.23. The molecule has 0 bridgehead atoms. The van der Waals surface area contributed by atoms with E-state index >= 15 is 0 Å². The van der Waals surface area contributed by atoms with Crippen LogP contribution in [0, 0.1) is 5.92 Å². The zero-order valence-corrected chi connectivity index (χ0v) is 11.4. The van der Waals surface area contributed by atoms with Crippen molar-refractivity contribution in [3.63, 3.8) is 0 Å². The quantitative estimate of drug-likeness (QED) is 0.747. The van der Waals surface area contributed by atoms with Gasteiger partial charge in [0.25, 0.3) is 0 Å². The molecule has 0 heterocycles. The van der Waals surface area contributed by atoms with Crippen LogP contribution in [-0.2, 0) is 11.2 Å². The molecule has 0 saturated heterocycles. The number of carboxylic acid groups (broad SMARTS) is 1. The lowest BCUT2D eigenvalue weighted by molar-refractivity contribution is -0.136. The second-order valence-corrected chi connectivity index (χ2v) is 5.23. The Bertz CT molecular complexity index is 467. The molecule has 20 heavy (non-hydrogen) atoms. The summed E-state index contributed by atoms with van der Waals surface area (Å²) in [5, 5.41) is 14.2. The van der Waals surface area contributed by atoms with Crippen LogP contribution in [0.5, 0.6) is 0 Å².